The van der Waals surface area contributed by atoms with E-state index in [9.17, 15) is 4.79 Å². The van der Waals surface area contributed by atoms with Gasteiger partial charge in [0.05, 0.1) is 12.2 Å². The molecule has 1 aromatic rings. The second kappa shape index (κ2) is 4.37. The van der Waals surface area contributed by atoms with Crippen LogP contribution in [-0.2, 0) is 9.47 Å². The summed E-state index contributed by atoms with van der Waals surface area (Å²) in [5.74, 6) is -0.343. The molecule has 1 saturated heterocycles. The van der Waals surface area contributed by atoms with Crippen LogP contribution in [0.5, 0.6) is 0 Å². The molecule has 0 aliphatic carbocycles. The van der Waals surface area contributed by atoms with E-state index in [2.05, 4.69) is 6.58 Å². The molecule has 4 nitrogen and oxygen atoms in total. The summed E-state index contributed by atoms with van der Waals surface area (Å²) >= 11 is 0. The summed E-state index contributed by atoms with van der Waals surface area (Å²) in [4.78, 5) is 11.5. The lowest BCUT2D eigenvalue weighted by Crippen LogP contribution is -2.10. The lowest BCUT2D eigenvalue weighted by molar-refractivity contribution is 0.0476. The van der Waals surface area contributed by atoms with E-state index < -0.39 is 0 Å². The molecule has 16 heavy (non-hydrogen) atoms. The van der Waals surface area contributed by atoms with E-state index >= 15 is 0 Å². The average molecular weight is 219 g/mol. The molecule has 1 aliphatic rings. The maximum atomic E-state index is 11.5. The van der Waals surface area contributed by atoms with Crippen molar-refractivity contribution >= 4 is 11.7 Å². The minimum Gasteiger partial charge on any atom is -0.459 e. The Balaban J connectivity index is 1.96. The number of epoxide rings is 1. The summed E-state index contributed by atoms with van der Waals surface area (Å²) in [5.41, 5.74) is 7.31. The largest absolute Gasteiger partial charge is 0.459 e. The monoisotopic (exact) mass is 219 g/mol. The first-order chi connectivity index (χ1) is 7.66. The molecule has 2 N–H and O–H groups in total. The topological polar surface area (TPSA) is 64.9 Å². The standard InChI is InChI=1S/C12H13NO3/c1-8(13)9-2-4-10(5-3-9)12(14)16-7-11-6-15-11/h2-5,11H,1,6-7,13H2. The van der Waals surface area contributed by atoms with Gasteiger partial charge in [-0.25, -0.2) is 4.79 Å². The van der Waals surface area contributed by atoms with Crippen LogP contribution in [0.15, 0.2) is 30.8 Å². The normalized spacial score (nSPS) is 17.9. The Morgan fingerprint density at radius 3 is 2.50 bits per heavy atom. The first-order valence-corrected chi connectivity index (χ1v) is 5.00. The Hall–Kier alpha value is -1.81. The Morgan fingerprint density at radius 2 is 2.00 bits per heavy atom. The van der Waals surface area contributed by atoms with Crippen molar-refractivity contribution in [1.29, 1.82) is 0 Å². The number of benzene rings is 1. The average Bonchev–Trinajstić information content (AvgIpc) is 3.10. The molecule has 0 aromatic heterocycles. The van der Waals surface area contributed by atoms with Crippen LogP contribution in [0.25, 0.3) is 5.70 Å². The third-order valence-corrected chi connectivity index (χ3v) is 2.29. The van der Waals surface area contributed by atoms with Crippen LogP contribution in [-0.4, -0.2) is 25.3 Å². The van der Waals surface area contributed by atoms with Crippen molar-refractivity contribution in [2.45, 2.75) is 6.10 Å². The Kier molecular flexibility index (Phi) is 2.92. The molecular weight excluding hydrogens is 206 g/mol. The third-order valence-electron chi connectivity index (χ3n) is 2.29. The van der Waals surface area contributed by atoms with Crippen LogP contribution in [0.3, 0.4) is 0 Å². The molecule has 1 aromatic carbocycles. The van der Waals surface area contributed by atoms with Gasteiger partial charge in [0.2, 0.25) is 0 Å². The molecule has 0 spiro atoms. The van der Waals surface area contributed by atoms with E-state index in [1.165, 1.54) is 0 Å². The molecule has 1 aliphatic heterocycles. The van der Waals surface area contributed by atoms with Gasteiger partial charge in [-0.15, -0.1) is 0 Å². The lowest BCUT2D eigenvalue weighted by Gasteiger charge is -2.04. The summed E-state index contributed by atoms with van der Waals surface area (Å²) in [7, 11) is 0. The fourth-order valence-corrected chi connectivity index (χ4v) is 1.24. The van der Waals surface area contributed by atoms with Crippen molar-refractivity contribution in [3.8, 4) is 0 Å². The summed E-state index contributed by atoms with van der Waals surface area (Å²) < 4.78 is 9.97. The van der Waals surface area contributed by atoms with E-state index in [-0.39, 0.29) is 12.1 Å². The molecule has 1 fully saturated rings. The second-order valence-corrected chi connectivity index (χ2v) is 3.66. The predicted octanol–water partition coefficient (Wildman–Crippen LogP) is 1.17. The highest BCUT2D eigenvalue weighted by Gasteiger charge is 2.24. The van der Waals surface area contributed by atoms with Crippen molar-refractivity contribution in [2.75, 3.05) is 13.2 Å². The highest BCUT2D eigenvalue weighted by atomic mass is 16.6. The number of ether oxygens (including phenoxy) is 2. The van der Waals surface area contributed by atoms with Gasteiger partial charge < -0.3 is 15.2 Å². The van der Waals surface area contributed by atoms with Crippen LogP contribution in [0.4, 0.5) is 0 Å². The lowest BCUT2D eigenvalue weighted by atomic mass is 10.1. The zero-order valence-corrected chi connectivity index (χ0v) is 8.81. The van der Waals surface area contributed by atoms with E-state index in [1.807, 2.05) is 0 Å². The zero-order valence-electron chi connectivity index (χ0n) is 8.81. The van der Waals surface area contributed by atoms with Crippen LogP contribution in [0.2, 0.25) is 0 Å². The Labute approximate surface area is 93.7 Å². The van der Waals surface area contributed by atoms with Gasteiger partial charge in [-0.1, -0.05) is 18.7 Å². The van der Waals surface area contributed by atoms with Gasteiger partial charge in [0.1, 0.15) is 12.7 Å². The van der Waals surface area contributed by atoms with Crippen LogP contribution in [0, 0.1) is 0 Å². The number of rotatable bonds is 4. The van der Waals surface area contributed by atoms with Crippen molar-refractivity contribution in [3.63, 3.8) is 0 Å². The smallest absolute Gasteiger partial charge is 0.338 e. The summed E-state index contributed by atoms with van der Waals surface area (Å²) in [5, 5.41) is 0. The first-order valence-electron chi connectivity index (χ1n) is 5.00. The van der Waals surface area contributed by atoms with Crippen LogP contribution >= 0.6 is 0 Å². The molecule has 4 heteroatoms. The van der Waals surface area contributed by atoms with Gasteiger partial charge >= 0.3 is 5.97 Å². The molecule has 0 bridgehead atoms. The molecule has 2 rings (SSSR count). The molecule has 0 radical (unpaired) electrons. The van der Waals surface area contributed by atoms with Gasteiger partial charge in [-0.05, 0) is 17.7 Å². The van der Waals surface area contributed by atoms with Gasteiger partial charge in [0.25, 0.3) is 0 Å². The van der Waals surface area contributed by atoms with Gasteiger partial charge in [-0.3, -0.25) is 0 Å². The zero-order chi connectivity index (χ0) is 11.5. The van der Waals surface area contributed by atoms with E-state index in [4.69, 9.17) is 15.2 Å². The van der Waals surface area contributed by atoms with Gasteiger partial charge in [0.15, 0.2) is 0 Å². The van der Waals surface area contributed by atoms with Crippen LogP contribution in [0.1, 0.15) is 15.9 Å². The number of esters is 1. The van der Waals surface area contributed by atoms with Gasteiger partial charge in [0, 0.05) is 5.70 Å². The summed E-state index contributed by atoms with van der Waals surface area (Å²) in [6, 6.07) is 6.83. The Bertz CT molecular complexity index is 407. The minimum atomic E-state index is -0.343. The maximum absolute atomic E-state index is 11.5. The molecule has 0 amide bonds. The highest BCUT2D eigenvalue weighted by Crippen LogP contribution is 2.12. The minimum absolute atomic E-state index is 0.0899. The fourth-order valence-electron chi connectivity index (χ4n) is 1.24. The number of hydrogen-bond acceptors (Lipinski definition) is 4. The van der Waals surface area contributed by atoms with Crippen molar-refractivity contribution in [2.24, 2.45) is 5.73 Å². The number of nitrogens with two attached hydrogens (primary N) is 1. The number of carbonyl (C=O) groups excluding carboxylic acids is 1. The first kappa shape index (κ1) is 10.7. The van der Waals surface area contributed by atoms with Gasteiger partial charge in [-0.2, -0.15) is 0 Å². The molecule has 1 unspecified atom stereocenters. The molecule has 84 valence electrons. The fraction of sp³-hybridized carbons (Fsp3) is 0.250. The SMILES string of the molecule is C=C(N)c1ccc(C(=O)OCC2CO2)cc1. The molecule has 0 saturated carbocycles. The quantitative estimate of drug-likeness (QED) is 0.610. The molecule has 1 atom stereocenters. The summed E-state index contributed by atoms with van der Waals surface area (Å²) in [6.07, 6.45) is 0.0899. The molecule has 1 heterocycles. The second-order valence-electron chi connectivity index (χ2n) is 3.66. The molecular formula is C12H13NO3. The van der Waals surface area contributed by atoms with E-state index in [0.717, 1.165) is 5.56 Å². The van der Waals surface area contributed by atoms with Crippen molar-refractivity contribution in [3.05, 3.63) is 42.0 Å². The predicted molar refractivity (Wildman–Crippen MR) is 59.7 cm³/mol. The maximum Gasteiger partial charge on any atom is 0.338 e. The number of hydrogen-bond donors (Lipinski definition) is 1. The van der Waals surface area contributed by atoms with E-state index in [0.29, 0.717) is 24.5 Å². The number of carbonyl (C=O) groups is 1. The Morgan fingerprint density at radius 1 is 1.44 bits per heavy atom. The third kappa shape index (κ3) is 2.61. The van der Waals surface area contributed by atoms with E-state index in [1.54, 1.807) is 24.3 Å². The highest BCUT2D eigenvalue weighted by molar-refractivity contribution is 5.89. The summed E-state index contributed by atoms with van der Waals surface area (Å²) in [6.45, 7) is 4.62. The van der Waals surface area contributed by atoms with Crippen molar-refractivity contribution < 1.29 is 14.3 Å². The van der Waals surface area contributed by atoms with Crippen molar-refractivity contribution in [1.82, 2.24) is 0 Å². The van der Waals surface area contributed by atoms with Crippen LogP contribution < -0.4 is 5.73 Å².